The van der Waals surface area contributed by atoms with E-state index in [9.17, 15) is 9.90 Å². The SMILES string of the molecule is COC(C)(C)CC(C)(C(=O)O)N1CCC(C)C1. The second-order valence-electron chi connectivity index (χ2n) is 6.06. The molecule has 1 N–H and O–H groups in total. The summed E-state index contributed by atoms with van der Waals surface area (Å²) in [6.45, 7) is 9.59. The second kappa shape index (κ2) is 4.94. The number of rotatable bonds is 5. The lowest BCUT2D eigenvalue weighted by molar-refractivity contribution is -0.154. The van der Waals surface area contributed by atoms with Crippen molar-refractivity contribution in [2.45, 2.75) is 51.7 Å². The summed E-state index contributed by atoms with van der Waals surface area (Å²) in [6.07, 6.45) is 1.58. The van der Waals surface area contributed by atoms with Gasteiger partial charge in [0.15, 0.2) is 0 Å². The molecule has 1 aliphatic heterocycles. The first-order valence-electron chi connectivity index (χ1n) is 6.25. The van der Waals surface area contributed by atoms with Crippen molar-refractivity contribution in [1.29, 1.82) is 0 Å². The molecule has 1 aliphatic rings. The topological polar surface area (TPSA) is 49.8 Å². The normalized spacial score (nSPS) is 25.8. The Hall–Kier alpha value is -0.610. The van der Waals surface area contributed by atoms with E-state index in [1.165, 1.54) is 0 Å². The van der Waals surface area contributed by atoms with Crippen molar-refractivity contribution >= 4 is 5.97 Å². The van der Waals surface area contributed by atoms with Crippen LogP contribution in [0.25, 0.3) is 0 Å². The van der Waals surface area contributed by atoms with Crippen LogP contribution >= 0.6 is 0 Å². The van der Waals surface area contributed by atoms with Crippen molar-refractivity contribution < 1.29 is 14.6 Å². The number of hydrogen-bond donors (Lipinski definition) is 1. The van der Waals surface area contributed by atoms with Gasteiger partial charge in [-0.05, 0) is 39.7 Å². The van der Waals surface area contributed by atoms with Gasteiger partial charge in [-0.3, -0.25) is 9.69 Å². The van der Waals surface area contributed by atoms with Crippen molar-refractivity contribution in [3.05, 3.63) is 0 Å². The van der Waals surface area contributed by atoms with E-state index in [1.807, 2.05) is 20.8 Å². The van der Waals surface area contributed by atoms with Gasteiger partial charge in [-0.2, -0.15) is 0 Å². The Labute approximate surface area is 104 Å². The lowest BCUT2D eigenvalue weighted by Crippen LogP contribution is -2.55. The van der Waals surface area contributed by atoms with Crippen LogP contribution in [-0.2, 0) is 9.53 Å². The molecule has 0 aromatic heterocycles. The molecule has 0 aliphatic carbocycles. The number of ether oxygens (including phenoxy) is 1. The van der Waals surface area contributed by atoms with Gasteiger partial charge in [0, 0.05) is 20.1 Å². The Morgan fingerprint density at radius 3 is 2.41 bits per heavy atom. The Balaban J connectivity index is 2.86. The van der Waals surface area contributed by atoms with Crippen LogP contribution in [0.3, 0.4) is 0 Å². The van der Waals surface area contributed by atoms with E-state index >= 15 is 0 Å². The van der Waals surface area contributed by atoms with Gasteiger partial charge in [0.25, 0.3) is 0 Å². The summed E-state index contributed by atoms with van der Waals surface area (Å²) >= 11 is 0. The molecule has 2 atom stereocenters. The number of likely N-dealkylation sites (tertiary alicyclic amines) is 1. The summed E-state index contributed by atoms with van der Waals surface area (Å²) in [4.78, 5) is 13.7. The van der Waals surface area contributed by atoms with Crippen LogP contribution in [0.5, 0.6) is 0 Å². The molecule has 4 heteroatoms. The molecule has 0 amide bonds. The molecule has 0 saturated carbocycles. The molecule has 1 saturated heterocycles. The summed E-state index contributed by atoms with van der Waals surface area (Å²) in [7, 11) is 1.63. The van der Waals surface area contributed by atoms with Crippen LogP contribution < -0.4 is 0 Å². The lowest BCUT2D eigenvalue weighted by Gasteiger charge is -2.40. The van der Waals surface area contributed by atoms with Crippen LogP contribution in [-0.4, -0.2) is 47.3 Å². The first kappa shape index (κ1) is 14.5. The number of carbonyl (C=O) groups is 1. The van der Waals surface area contributed by atoms with Crippen molar-refractivity contribution in [2.75, 3.05) is 20.2 Å². The van der Waals surface area contributed by atoms with E-state index in [0.29, 0.717) is 12.3 Å². The molecule has 1 fully saturated rings. The van der Waals surface area contributed by atoms with Gasteiger partial charge in [-0.15, -0.1) is 0 Å². The maximum absolute atomic E-state index is 11.6. The minimum atomic E-state index is -0.829. The van der Waals surface area contributed by atoms with E-state index in [0.717, 1.165) is 19.5 Å². The summed E-state index contributed by atoms with van der Waals surface area (Å²) in [5.74, 6) is -0.170. The van der Waals surface area contributed by atoms with E-state index in [4.69, 9.17) is 4.74 Å². The number of carboxylic acids is 1. The third kappa shape index (κ3) is 3.19. The van der Waals surface area contributed by atoms with E-state index in [2.05, 4.69) is 11.8 Å². The summed E-state index contributed by atoms with van der Waals surface area (Å²) in [6, 6.07) is 0. The third-order valence-corrected chi connectivity index (χ3v) is 3.91. The first-order valence-corrected chi connectivity index (χ1v) is 6.25. The molecule has 100 valence electrons. The third-order valence-electron chi connectivity index (χ3n) is 3.91. The average Bonchev–Trinajstić information content (AvgIpc) is 2.64. The number of hydrogen-bond acceptors (Lipinski definition) is 3. The summed E-state index contributed by atoms with van der Waals surface area (Å²) in [5, 5.41) is 9.54. The zero-order valence-electron chi connectivity index (χ0n) is 11.6. The fraction of sp³-hybridized carbons (Fsp3) is 0.923. The van der Waals surface area contributed by atoms with E-state index < -0.39 is 17.1 Å². The zero-order chi connectivity index (χ0) is 13.3. The molecule has 2 unspecified atom stereocenters. The Bertz CT molecular complexity index is 290. The van der Waals surface area contributed by atoms with E-state index in [1.54, 1.807) is 7.11 Å². The Morgan fingerprint density at radius 2 is 2.06 bits per heavy atom. The quantitative estimate of drug-likeness (QED) is 0.802. The van der Waals surface area contributed by atoms with Crippen LogP contribution in [0, 0.1) is 5.92 Å². The molecule has 0 aromatic carbocycles. The molecule has 4 nitrogen and oxygen atoms in total. The minimum Gasteiger partial charge on any atom is -0.480 e. The van der Waals surface area contributed by atoms with Crippen molar-refractivity contribution in [2.24, 2.45) is 5.92 Å². The number of methoxy groups -OCH3 is 1. The first-order chi connectivity index (χ1) is 7.71. The molecular weight excluding hydrogens is 218 g/mol. The molecule has 1 rings (SSSR count). The molecule has 1 heterocycles. The predicted molar refractivity (Wildman–Crippen MR) is 67.1 cm³/mol. The summed E-state index contributed by atoms with van der Waals surface area (Å²) < 4.78 is 5.38. The van der Waals surface area contributed by atoms with Crippen molar-refractivity contribution in [3.63, 3.8) is 0 Å². The predicted octanol–water partition coefficient (Wildman–Crippen LogP) is 1.99. The lowest BCUT2D eigenvalue weighted by atomic mass is 9.86. The minimum absolute atomic E-state index is 0.418. The molecule has 0 bridgehead atoms. The smallest absolute Gasteiger partial charge is 0.323 e. The highest BCUT2D eigenvalue weighted by atomic mass is 16.5. The fourth-order valence-electron chi connectivity index (χ4n) is 2.61. The van der Waals surface area contributed by atoms with Gasteiger partial charge < -0.3 is 9.84 Å². The van der Waals surface area contributed by atoms with Crippen molar-refractivity contribution in [1.82, 2.24) is 4.90 Å². The standard InChI is InChI=1S/C13H25NO3/c1-10-6-7-14(8-10)13(4,11(15)16)9-12(2,3)17-5/h10H,6-9H2,1-5H3,(H,15,16). The number of nitrogens with zero attached hydrogens (tertiary/aromatic N) is 1. The maximum atomic E-state index is 11.6. The number of carboxylic acid groups (broad SMARTS) is 1. The van der Waals surface area contributed by atoms with Gasteiger partial charge in [-0.25, -0.2) is 0 Å². The van der Waals surface area contributed by atoms with Crippen molar-refractivity contribution in [3.8, 4) is 0 Å². The van der Waals surface area contributed by atoms with Crippen LogP contribution in [0.2, 0.25) is 0 Å². The highest BCUT2D eigenvalue weighted by Gasteiger charge is 2.45. The average molecular weight is 243 g/mol. The highest BCUT2D eigenvalue weighted by molar-refractivity contribution is 5.78. The molecule has 0 spiro atoms. The Morgan fingerprint density at radius 1 is 1.47 bits per heavy atom. The fourth-order valence-corrected chi connectivity index (χ4v) is 2.61. The van der Waals surface area contributed by atoms with Gasteiger partial charge >= 0.3 is 5.97 Å². The largest absolute Gasteiger partial charge is 0.480 e. The molecule has 17 heavy (non-hydrogen) atoms. The van der Waals surface area contributed by atoms with Crippen LogP contribution in [0.15, 0.2) is 0 Å². The van der Waals surface area contributed by atoms with Gasteiger partial charge in [-0.1, -0.05) is 6.92 Å². The van der Waals surface area contributed by atoms with E-state index in [-0.39, 0.29) is 0 Å². The molecule has 0 aromatic rings. The monoisotopic (exact) mass is 243 g/mol. The molecular formula is C13H25NO3. The Kier molecular flexibility index (Phi) is 4.20. The maximum Gasteiger partial charge on any atom is 0.323 e. The number of aliphatic carboxylic acids is 1. The van der Waals surface area contributed by atoms with Gasteiger partial charge in [0.05, 0.1) is 5.60 Å². The van der Waals surface area contributed by atoms with Crippen LogP contribution in [0.4, 0.5) is 0 Å². The highest BCUT2D eigenvalue weighted by Crippen LogP contribution is 2.32. The van der Waals surface area contributed by atoms with Gasteiger partial charge in [0.1, 0.15) is 5.54 Å². The van der Waals surface area contributed by atoms with Crippen LogP contribution in [0.1, 0.15) is 40.5 Å². The molecule has 0 radical (unpaired) electrons. The zero-order valence-corrected chi connectivity index (χ0v) is 11.6. The summed E-state index contributed by atoms with van der Waals surface area (Å²) in [5.41, 5.74) is -1.25. The van der Waals surface area contributed by atoms with Gasteiger partial charge in [0.2, 0.25) is 0 Å². The second-order valence-corrected chi connectivity index (χ2v) is 6.06.